The van der Waals surface area contributed by atoms with Crippen LogP contribution < -0.4 is 0 Å². The molecule has 0 aliphatic heterocycles. The highest BCUT2D eigenvalue weighted by Gasteiger charge is 2.24. The van der Waals surface area contributed by atoms with Crippen molar-refractivity contribution >= 4 is 0 Å². The molecule has 0 aromatic rings. The van der Waals surface area contributed by atoms with Crippen LogP contribution >= 0.6 is 0 Å². The molecule has 0 aromatic heterocycles. The van der Waals surface area contributed by atoms with Crippen LogP contribution in [0.3, 0.4) is 0 Å². The van der Waals surface area contributed by atoms with Crippen molar-refractivity contribution in [1.29, 1.82) is 0 Å². The van der Waals surface area contributed by atoms with Gasteiger partial charge in [0, 0.05) is 0 Å². The van der Waals surface area contributed by atoms with Gasteiger partial charge in [-0.3, -0.25) is 0 Å². The van der Waals surface area contributed by atoms with Gasteiger partial charge < -0.3 is 0 Å². The van der Waals surface area contributed by atoms with E-state index in [0.717, 1.165) is 17.8 Å². The molecule has 11 heavy (non-hydrogen) atoms. The van der Waals surface area contributed by atoms with Crippen molar-refractivity contribution in [1.82, 2.24) is 0 Å². The van der Waals surface area contributed by atoms with Crippen LogP contribution in [0.15, 0.2) is 0 Å². The van der Waals surface area contributed by atoms with E-state index in [-0.39, 0.29) is 0 Å². The highest BCUT2D eigenvalue weighted by molar-refractivity contribution is 4.79. The van der Waals surface area contributed by atoms with Gasteiger partial charge in [0.1, 0.15) is 0 Å². The summed E-state index contributed by atoms with van der Waals surface area (Å²) in [5, 5.41) is 0. The highest BCUT2D eigenvalue weighted by atomic mass is 14.3. The first kappa shape index (κ1) is 9.09. The Morgan fingerprint density at radius 1 is 1.36 bits per heavy atom. The van der Waals surface area contributed by atoms with Crippen LogP contribution in [-0.2, 0) is 0 Å². The molecule has 0 amide bonds. The number of hydrogen-bond acceptors (Lipinski definition) is 0. The molecule has 0 spiro atoms. The van der Waals surface area contributed by atoms with Crippen LogP contribution in [0.25, 0.3) is 0 Å². The molecule has 0 heteroatoms. The molecule has 1 rings (SSSR count). The fraction of sp³-hybridized carbons (Fsp3) is 0.909. The number of hydrogen-bond donors (Lipinski definition) is 0. The van der Waals surface area contributed by atoms with Crippen molar-refractivity contribution in [2.24, 2.45) is 17.8 Å². The maximum absolute atomic E-state index is 4.25. The van der Waals surface area contributed by atoms with Gasteiger partial charge in [-0.2, -0.15) is 0 Å². The summed E-state index contributed by atoms with van der Waals surface area (Å²) in [6.45, 7) is 8.93. The zero-order valence-corrected chi connectivity index (χ0v) is 7.97. The molecule has 0 aromatic carbocycles. The Hall–Kier alpha value is 0. The largest absolute Gasteiger partial charge is 0.0651 e. The maximum Gasteiger partial charge on any atom is -0.0360 e. The van der Waals surface area contributed by atoms with E-state index in [1.807, 2.05) is 0 Å². The third-order valence-electron chi connectivity index (χ3n) is 3.34. The van der Waals surface area contributed by atoms with E-state index in [1.54, 1.807) is 0 Å². The molecular weight excluding hydrogens is 132 g/mol. The molecule has 3 atom stereocenters. The molecule has 0 bridgehead atoms. The van der Waals surface area contributed by atoms with E-state index in [1.165, 1.54) is 32.1 Å². The summed E-state index contributed by atoms with van der Waals surface area (Å²) in [5.41, 5.74) is 0. The van der Waals surface area contributed by atoms with Gasteiger partial charge in [-0.25, -0.2) is 0 Å². The lowest BCUT2D eigenvalue weighted by molar-refractivity contribution is 0.200. The third-order valence-corrected chi connectivity index (χ3v) is 3.34. The van der Waals surface area contributed by atoms with E-state index >= 15 is 0 Å². The standard InChI is InChI=1S/C11H21/c1-4-9(2)11-8-6-5-7-10(11)3/h9-11H,3-8H2,1-2H3. The quantitative estimate of drug-likeness (QED) is 0.568. The predicted molar refractivity (Wildman–Crippen MR) is 50.3 cm³/mol. The topological polar surface area (TPSA) is 0 Å². The van der Waals surface area contributed by atoms with Crippen LogP contribution in [0, 0.1) is 24.7 Å². The summed E-state index contributed by atoms with van der Waals surface area (Å²) in [5.74, 6) is 2.57. The van der Waals surface area contributed by atoms with Gasteiger partial charge in [-0.15, -0.1) is 0 Å². The normalized spacial score (nSPS) is 35.2. The van der Waals surface area contributed by atoms with Crippen molar-refractivity contribution in [2.45, 2.75) is 46.0 Å². The molecule has 0 nitrogen and oxygen atoms in total. The van der Waals surface area contributed by atoms with Gasteiger partial charge in [0.2, 0.25) is 0 Å². The van der Waals surface area contributed by atoms with Crippen LogP contribution in [0.4, 0.5) is 0 Å². The van der Waals surface area contributed by atoms with Crippen molar-refractivity contribution in [2.75, 3.05) is 0 Å². The fourth-order valence-corrected chi connectivity index (χ4v) is 2.29. The van der Waals surface area contributed by atoms with Crippen molar-refractivity contribution in [3.63, 3.8) is 0 Å². The first-order valence-electron chi connectivity index (χ1n) is 5.08. The predicted octanol–water partition coefficient (Wildman–Crippen LogP) is 3.67. The monoisotopic (exact) mass is 153 g/mol. The summed E-state index contributed by atoms with van der Waals surface area (Å²) < 4.78 is 0. The van der Waals surface area contributed by atoms with Gasteiger partial charge in [-0.05, 0) is 31.1 Å². The zero-order chi connectivity index (χ0) is 8.27. The summed E-state index contributed by atoms with van der Waals surface area (Å²) in [6.07, 6.45) is 7.00. The summed E-state index contributed by atoms with van der Waals surface area (Å²) in [4.78, 5) is 0. The molecule has 1 radical (unpaired) electrons. The smallest absolute Gasteiger partial charge is 0.0360 e. The van der Waals surface area contributed by atoms with Crippen LogP contribution in [-0.4, -0.2) is 0 Å². The lowest BCUT2D eigenvalue weighted by atomic mass is 9.73. The minimum atomic E-state index is 0.749. The first-order valence-corrected chi connectivity index (χ1v) is 5.08. The Balaban J connectivity index is 2.40. The molecule has 1 aliphatic carbocycles. The lowest BCUT2D eigenvalue weighted by Gasteiger charge is -2.32. The van der Waals surface area contributed by atoms with E-state index in [9.17, 15) is 0 Å². The second-order valence-corrected chi connectivity index (χ2v) is 4.09. The number of rotatable bonds is 2. The van der Waals surface area contributed by atoms with E-state index in [2.05, 4.69) is 20.8 Å². The minimum absolute atomic E-state index is 0.749. The van der Waals surface area contributed by atoms with Crippen molar-refractivity contribution in [3.8, 4) is 0 Å². The van der Waals surface area contributed by atoms with Crippen molar-refractivity contribution in [3.05, 3.63) is 6.92 Å². The van der Waals surface area contributed by atoms with Crippen LogP contribution in [0.5, 0.6) is 0 Å². The van der Waals surface area contributed by atoms with Gasteiger partial charge in [-0.1, -0.05) is 39.5 Å². The molecule has 0 N–H and O–H groups in total. The third kappa shape index (κ3) is 2.21. The molecule has 1 fully saturated rings. The fourth-order valence-electron chi connectivity index (χ4n) is 2.29. The molecule has 3 unspecified atom stereocenters. The van der Waals surface area contributed by atoms with Crippen LogP contribution in [0.2, 0.25) is 0 Å². The maximum atomic E-state index is 4.25. The zero-order valence-electron chi connectivity index (χ0n) is 7.97. The van der Waals surface area contributed by atoms with Gasteiger partial charge >= 0.3 is 0 Å². The Morgan fingerprint density at radius 3 is 2.55 bits per heavy atom. The molecule has 65 valence electrons. The Labute approximate surface area is 71.4 Å². The van der Waals surface area contributed by atoms with Gasteiger partial charge in [0.05, 0.1) is 0 Å². The van der Waals surface area contributed by atoms with Gasteiger partial charge in [0.15, 0.2) is 0 Å². The van der Waals surface area contributed by atoms with Crippen molar-refractivity contribution < 1.29 is 0 Å². The van der Waals surface area contributed by atoms with E-state index < -0.39 is 0 Å². The van der Waals surface area contributed by atoms with Crippen LogP contribution in [0.1, 0.15) is 46.0 Å². The average Bonchev–Trinajstić information content (AvgIpc) is 2.04. The lowest BCUT2D eigenvalue weighted by Crippen LogP contribution is -2.23. The minimum Gasteiger partial charge on any atom is -0.0651 e. The molecule has 1 aliphatic rings. The molecular formula is C11H21. The SMILES string of the molecule is [CH2]C1CCCCC1C(C)CC. The first-order chi connectivity index (χ1) is 5.25. The second kappa shape index (κ2) is 4.13. The Bertz CT molecular complexity index is 103. The van der Waals surface area contributed by atoms with E-state index in [4.69, 9.17) is 0 Å². The molecule has 0 heterocycles. The molecule has 0 saturated heterocycles. The highest BCUT2D eigenvalue weighted by Crippen LogP contribution is 2.35. The van der Waals surface area contributed by atoms with Gasteiger partial charge in [0.25, 0.3) is 0 Å². The summed E-state index contributed by atoms with van der Waals surface area (Å²) >= 11 is 0. The molecule has 1 saturated carbocycles. The Kier molecular flexibility index (Phi) is 3.42. The summed E-state index contributed by atoms with van der Waals surface area (Å²) in [7, 11) is 0. The summed E-state index contributed by atoms with van der Waals surface area (Å²) in [6, 6.07) is 0. The van der Waals surface area contributed by atoms with E-state index in [0.29, 0.717) is 0 Å². The second-order valence-electron chi connectivity index (χ2n) is 4.09. The Morgan fingerprint density at radius 2 is 2.00 bits per heavy atom. The average molecular weight is 153 g/mol.